The molecule has 2 aromatic rings. The monoisotopic (exact) mass is 319 g/mol. The summed E-state index contributed by atoms with van der Waals surface area (Å²) in [4.78, 5) is 46.7. The van der Waals surface area contributed by atoms with Gasteiger partial charge in [-0.1, -0.05) is 0 Å². The van der Waals surface area contributed by atoms with Crippen molar-refractivity contribution in [3.05, 3.63) is 34.0 Å². The van der Waals surface area contributed by atoms with Crippen LogP contribution in [0.3, 0.4) is 0 Å². The maximum absolute atomic E-state index is 14.0. The van der Waals surface area contributed by atoms with E-state index < -0.39 is 23.5 Å². The first-order valence-corrected chi connectivity index (χ1v) is 7.11. The lowest BCUT2D eigenvalue weighted by molar-refractivity contribution is -0.135. The van der Waals surface area contributed by atoms with Crippen molar-refractivity contribution in [1.29, 1.82) is 0 Å². The van der Waals surface area contributed by atoms with Crippen molar-refractivity contribution in [2.45, 2.75) is 25.3 Å². The van der Waals surface area contributed by atoms with E-state index >= 15 is 0 Å². The zero-order valence-electron chi connectivity index (χ0n) is 12.3. The van der Waals surface area contributed by atoms with Crippen molar-refractivity contribution in [2.75, 3.05) is 0 Å². The molecule has 1 aliphatic heterocycles. The molecule has 0 saturated carbocycles. The Morgan fingerprint density at radius 2 is 2.09 bits per heavy atom. The van der Waals surface area contributed by atoms with Crippen LogP contribution < -0.4 is 11.0 Å². The summed E-state index contributed by atoms with van der Waals surface area (Å²) in [6, 6.07) is 1.74. The van der Waals surface area contributed by atoms with Gasteiger partial charge in [-0.3, -0.25) is 24.0 Å². The molecule has 0 bridgehead atoms. The largest absolute Gasteiger partial charge is 0.329 e. The molecule has 1 N–H and O–H groups in total. The Kier molecular flexibility index (Phi) is 3.59. The molecule has 120 valence electrons. The lowest BCUT2D eigenvalue weighted by Crippen LogP contribution is -2.44. The number of nitrogens with zero attached hydrogens (tertiary/aromatic N) is 2. The summed E-state index contributed by atoms with van der Waals surface area (Å²) < 4.78 is 16.5. The fraction of sp³-hybridized carbons (Fsp3) is 0.333. The number of carbonyl (C=O) groups is 3. The average molecular weight is 319 g/mol. The van der Waals surface area contributed by atoms with Crippen LogP contribution in [0.5, 0.6) is 0 Å². The highest BCUT2D eigenvalue weighted by atomic mass is 19.1. The van der Waals surface area contributed by atoms with Crippen LogP contribution in [0.1, 0.15) is 24.4 Å². The number of amides is 2. The van der Waals surface area contributed by atoms with E-state index in [0.29, 0.717) is 11.8 Å². The number of imide groups is 1. The summed E-state index contributed by atoms with van der Waals surface area (Å²) in [5, 5.41) is 2.20. The van der Waals surface area contributed by atoms with E-state index in [1.807, 2.05) is 0 Å². The van der Waals surface area contributed by atoms with Crippen LogP contribution in [-0.4, -0.2) is 27.2 Å². The van der Waals surface area contributed by atoms with Gasteiger partial charge in [0.1, 0.15) is 18.1 Å². The minimum Gasteiger partial charge on any atom is -0.303 e. The molecule has 1 aliphatic rings. The van der Waals surface area contributed by atoms with Gasteiger partial charge < -0.3 is 4.79 Å². The minimum absolute atomic E-state index is 0.114. The third-order valence-electron chi connectivity index (χ3n) is 4.10. The van der Waals surface area contributed by atoms with E-state index in [2.05, 4.69) is 5.32 Å². The van der Waals surface area contributed by atoms with Crippen molar-refractivity contribution < 1.29 is 18.8 Å². The Balaban J connectivity index is 2.27. The standard InChI is InChI=1S/C15H14FN3O4/c1-18-13-8(6-7-20)9(16)2-3-10(13)19(15(18)23)11-4-5-12(21)17-14(11)22/h2-3,7,11H,4-6H2,1H3,(H,17,21,22). The van der Waals surface area contributed by atoms with Crippen LogP contribution in [0, 0.1) is 5.82 Å². The molecule has 8 heteroatoms. The second-order valence-corrected chi connectivity index (χ2v) is 5.44. The lowest BCUT2D eigenvalue weighted by Gasteiger charge is -2.21. The van der Waals surface area contributed by atoms with Crippen molar-refractivity contribution in [1.82, 2.24) is 14.5 Å². The number of benzene rings is 1. The van der Waals surface area contributed by atoms with Crippen LogP contribution in [-0.2, 0) is 27.9 Å². The molecule has 23 heavy (non-hydrogen) atoms. The second kappa shape index (κ2) is 5.45. The molecular weight excluding hydrogens is 305 g/mol. The van der Waals surface area contributed by atoms with Gasteiger partial charge in [0.15, 0.2) is 0 Å². The lowest BCUT2D eigenvalue weighted by atomic mass is 10.1. The van der Waals surface area contributed by atoms with Gasteiger partial charge in [-0.15, -0.1) is 0 Å². The van der Waals surface area contributed by atoms with Gasteiger partial charge in [0.25, 0.3) is 0 Å². The zero-order chi connectivity index (χ0) is 16.7. The number of aromatic nitrogens is 2. The van der Waals surface area contributed by atoms with Crippen molar-refractivity contribution in [3.63, 3.8) is 0 Å². The van der Waals surface area contributed by atoms with Gasteiger partial charge >= 0.3 is 5.69 Å². The van der Waals surface area contributed by atoms with Crippen LogP contribution in [0.25, 0.3) is 11.0 Å². The van der Waals surface area contributed by atoms with Gasteiger partial charge in [-0.2, -0.15) is 0 Å². The maximum atomic E-state index is 14.0. The first kappa shape index (κ1) is 15.1. The Labute approximate surface area is 129 Å². The molecule has 0 radical (unpaired) electrons. The van der Waals surface area contributed by atoms with Gasteiger partial charge in [0.2, 0.25) is 11.8 Å². The summed E-state index contributed by atoms with van der Waals surface area (Å²) in [6.45, 7) is 0. The molecule has 1 aromatic carbocycles. The van der Waals surface area contributed by atoms with Crippen molar-refractivity contribution in [3.8, 4) is 0 Å². The average Bonchev–Trinajstić information content (AvgIpc) is 2.75. The molecule has 1 saturated heterocycles. The van der Waals surface area contributed by atoms with Crippen molar-refractivity contribution >= 4 is 29.1 Å². The molecular formula is C15H14FN3O4. The van der Waals surface area contributed by atoms with Crippen LogP contribution in [0.4, 0.5) is 4.39 Å². The number of hydrogen-bond acceptors (Lipinski definition) is 4. The molecule has 7 nitrogen and oxygen atoms in total. The summed E-state index contributed by atoms with van der Waals surface area (Å²) >= 11 is 0. The maximum Gasteiger partial charge on any atom is 0.329 e. The highest BCUT2D eigenvalue weighted by Gasteiger charge is 2.31. The summed E-state index contributed by atoms with van der Waals surface area (Å²) in [7, 11) is 1.46. The number of halogens is 1. The third kappa shape index (κ3) is 2.26. The van der Waals surface area contributed by atoms with Crippen LogP contribution >= 0.6 is 0 Å². The smallest absolute Gasteiger partial charge is 0.303 e. The molecule has 0 spiro atoms. The number of carbonyl (C=O) groups excluding carboxylic acids is 3. The predicted octanol–water partition coefficient (Wildman–Crippen LogP) is 0.198. The third-order valence-corrected chi connectivity index (χ3v) is 4.10. The Hall–Kier alpha value is -2.77. The number of nitrogens with one attached hydrogen (secondary N) is 1. The quantitative estimate of drug-likeness (QED) is 0.646. The molecule has 1 atom stereocenters. The molecule has 1 fully saturated rings. The molecule has 0 aliphatic carbocycles. The first-order chi connectivity index (χ1) is 11.0. The fourth-order valence-electron chi connectivity index (χ4n) is 3.04. The SMILES string of the molecule is Cn1c(=O)n(C2CCC(=O)NC2=O)c2ccc(F)c(CC=O)c21. The zero-order valence-corrected chi connectivity index (χ0v) is 12.3. The Bertz CT molecular complexity index is 896. The predicted molar refractivity (Wildman–Crippen MR) is 78.3 cm³/mol. The highest BCUT2D eigenvalue weighted by molar-refractivity contribution is 6.00. The number of hydrogen-bond donors (Lipinski definition) is 1. The number of imidazole rings is 1. The number of aryl methyl sites for hydroxylation is 1. The molecule has 1 unspecified atom stereocenters. The van der Waals surface area contributed by atoms with E-state index in [4.69, 9.17) is 0 Å². The normalized spacial score (nSPS) is 18.3. The second-order valence-electron chi connectivity index (χ2n) is 5.44. The molecule has 2 heterocycles. The molecule has 2 amide bonds. The van der Waals surface area contributed by atoms with E-state index in [1.165, 1.54) is 28.3 Å². The summed E-state index contributed by atoms with van der Waals surface area (Å²) in [5.74, 6) is -1.52. The topological polar surface area (TPSA) is 90.2 Å². The molecule has 3 rings (SSSR count). The Morgan fingerprint density at radius 1 is 1.35 bits per heavy atom. The van der Waals surface area contributed by atoms with Gasteiger partial charge in [0.05, 0.1) is 11.0 Å². The number of aldehydes is 1. The number of rotatable bonds is 3. The summed E-state index contributed by atoms with van der Waals surface area (Å²) in [6.07, 6.45) is 0.715. The van der Waals surface area contributed by atoms with Crippen molar-refractivity contribution in [2.24, 2.45) is 7.05 Å². The number of piperidine rings is 1. The van der Waals surface area contributed by atoms with Gasteiger partial charge in [-0.05, 0) is 18.6 Å². The van der Waals surface area contributed by atoms with E-state index in [-0.39, 0.29) is 36.2 Å². The minimum atomic E-state index is -0.835. The fourth-order valence-corrected chi connectivity index (χ4v) is 3.04. The van der Waals surface area contributed by atoms with Crippen LogP contribution in [0.2, 0.25) is 0 Å². The van der Waals surface area contributed by atoms with E-state index in [1.54, 1.807) is 0 Å². The van der Waals surface area contributed by atoms with Gasteiger partial charge in [-0.25, -0.2) is 9.18 Å². The number of fused-ring (bicyclic) bond motifs is 1. The van der Waals surface area contributed by atoms with E-state index in [0.717, 1.165) is 0 Å². The van der Waals surface area contributed by atoms with E-state index in [9.17, 15) is 23.6 Å². The molecule has 1 aromatic heterocycles. The highest BCUT2D eigenvalue weighted by Crippen LogP contribution is 2.26. The summed E-state index contributed by atoms with van der Waals surface area (Å²) in [5.41, 5.74) is 0.271. The van der Waals surface area contributed by atoms with Gasteiger partial charge in [0, 0.05) is 25.5 Å². The first-order valence-electron chi connectivity index (χ1n) is 7.11. The Morgan fingerprint density at radius 3 is 2.74 bits per heavy atom. The van der Waals surface area contributed by atoms with Crippen LogP contribution in [0.15, 0.2) is 16.9 Å².